The first-order chi connectivity index (χ1) is 13.6. The molecule has 4 aliphatic rings. The summed E-state index contributed by atoms with van der Waals surface area (Å²) in [7, 11) is 0. The highest BCUT2D eigenvalue weighted by molar-refractivity contribution is 6.05. The molecule has 0 radical (unpaired) electrons. The Morgan fingerprint density at radius 1 is 1.18 bits per heavy atom. The van der Waals surface area contributed by atoms with Crippen LogP contribution in [0.2, 0.25) is 0 Å². The van der Waals surface area contributed by atoms with E-state index in [4.69, 9.17) is 0 Å². The number of hydrogen-bond donors (Lipinski definition) is 3. The number of carbonyl (C=O) groups excluding carboxylic acids is 3. The van der Waals surface area contributed by atoms with E-state index in [1.54, 1.807) is 4.90 Å². The number of piperidine rings is 1. The van der Waals surface area contributed by atoms with Gasteiger partial charge in [0.1, 0.15) is 6.04 Å². The largest absolute Gasteiger partial charge is 0.322 e. The molecule has 0 spiro atoms. The zero-order valence-electron chi connectivity index (χ0n) is 15.9. The maximum absolute atomic E-state index is 12.9. The van der Waals surface area contributed by atoms with Gasteiger partial charge in [-0.05, 0) is 55.3 Å². The van der Waals surface area contributed by atoms with Gasteiger partial charge >= 0.3 is 0 Å². The lowest BCUT2D eigenvalue weighted by Crippen LogP contribution is -2.58. The minimum atomic E-state index is -0.553. The summed E-state index contributed by atoms with van der Waals surface area (Å²) in [5, 5.41) is 9.58. The van der Waals surface area contributed by atoms with Crippen LogP contribution >= 0.6 is 0 Å². The van der Waals surface area contributed by atoms with Crippen LogP contribution in [0.15, 0.2) is 18.2 Å². The van der Waals surface area contributed by atoms with Crippen LogP contribution in [0.3, 0.4) is 0 Å². The first-order valence-electron chi connectivity index (χ1n) is 10.3. The zero-order chi connectivity index (χ0) is 19.3. The highest BCUT2D eigenvalue weighted by Crippen LogP contribution is 2.44. The molecule has 1 aliphatic carbocycles. The summed E-state index contributed by atoms with van der Waals surface area (Å²) < 4.78 is 0. The molecular formula is C21H26N4O3. The van der Waals surface area contributed by atoms with Crippen molar-refractivity contribution < 1.29 is 14.4 Å². The van der Waals surface area contributed by atoms with Gasteiger partial charge in [-0.1, -0.05) is 12.1 Å². The van der Waals surface area contributed by atoms with Gasteiger partial charge in [-0.3, -0.25) is 19.7 Å². The van der Waals surface area contributed by atoms with Crippen LogP contribution in [-0.2, 0) is 22.7 Å². The lowest BCUT2D eigenvalue weighted by atomic mass is 9.68. The van der Waals surface area contributed by atoms with Crippen LogP contribution in [0.4, 0.5) is 0 Å². The van der Waals surface area contributed by atoms with E-state index in [2.05, 4.69) is 22.0 Å². The Labute approximate surface area is 164 Å². The predicted molar refractivity (Wildman–Crippen MR) is 102 cm³/mol. The van der Waals surface area contributed by atoms with Crippen molar-refractivity contribution in [2.75, 3.05) is 13.1 Å². The number of nitrogens with one attached hydrogen (secondary N) is 3. The van der Waals surface area contributed by atoms with Gasteiger partial charge < -0.3 is 15.5 Å². The molecule has 3 aliphatic heterocycles. The van der Waals surface area contributed by atoms with Crippen molar-refractivity contribution in [1.82, 2.24) is 20.9 Å². The summed E-state index contributed by atoms with van der Waals surface area (Å²) in [6, 6.07) is 5.45. The van der Waals surface area contributed by atoms with Crippen molar-refractivity contribution in [3.63, 3.8) is 0 Å². The molecular weight excluding hydrogens is 356 g/mol. The Balaban J connectivity index is 1.23. The van der Waals surface area contributed by atoms with Crippen molar-refractivity contribution in [1.29, 1.82) is 0 Å². The monoisotopic (exact) mass is 382 g/mol. The molecule has 3 amide bonds. The maximum atomic E-state index is 12.9. The van der Waals surface area contributed by atoms with E-state index in [9.17, 15) is 14.4 Å². The van der Waals surface area contributed by atoms with Crippen LogP contribution in [0.5, 0.6) is 0 Å². The number of hydrogen-bond acceptors (Lipinski definition) is 5. The first-order valence-corrected chi connectivity index (χ1v) is 10.3. The normalized spacial score (nSPS) is 31.4. The van der Waals surface area contributed by atoms with Gasteiger partial charge in [-0.15, -0.1) is 0 Å². The van der Waals surface area contributed by atoms with Crippen LogP contribution in [-0.4, -0.2) is 47.3 Å². The van der Waals surface area contributed by atoms with E-state index in [1.165, 1.54) is 19.3 Å². The minimum Gasteiger partial charge on any atom is -0.322 e. The second kappa shape index (κ2) is 6.67. The van der Waals surface area contributed by atoms with Gasteiger partial charge in [0.15, 0.2) is 0 Å². The maximum Gasteiger partial charge on any atom is 0.255 e. The Kier molecular flexibility index (Phi) is 4.25. The lowest BCUT2D eigenvalue weighted by molar-refractivity contribution is -0.136. The fraction of sp³-hybridized carbons (Fsp3) is 0.571. The Morgan fingerprint density at radius 2 is 2.07 bits per heavy atom. The molecule has 2 saturated heterocycles. The Bertz CT molecular complexity index is 854. The zero-order valence-corrected chi connectivity index (χ0v) is 15.9. The fourth-order valence-corrected chi connectivity index (χ4v) is 5.28. The third-order valence-electron chi connectivity index (χ3n) is 7.05. The van der Waals surface area contributed by atoms with E-state index in [0.29, 0.717) is 18.5 Å². The van der Waals surface area contributed by atoms with Gasteiger partial charge in [-0.2, -0.15) is 0 Å². The second-order valence-corrected chi connectivity index (χ2v) is 8.60. The van der Waals surface area contributed by atoms with E-state index in [-0.39, 0.29) is 29.7 Å². The molecule has 3 atom stereocenters. The molecule has 3 unspecified atom stereocenters. The topological polar surface area (TPSA) is 90.5 Å². The Hall–Kier alpha value is -2.25. The summed E-state index contributed by atoms with van der Waals surface area (Å²) in [6.07, 6.45) is 4.54. The summed E-state index contributed by atoms with van der Waals surface area (Å²) in [6.45, 7) is 3.25. The number of nitrogens with zero attached hydrogens (tertiary/aromatic N) is 1. The molecule has 5 rings (SSSR count). The standard InChI is InChI=1S/C21H26N4O3/c26-18-4-3-17(19(27)24-18)25-11-14-2-1-13(9-16(14)20(25)28)10-22-12-21-7-5-15(21)6-8-23-21/h1-2,9,15,17,22-23H,3-8,10-12H2,(H,24,26,27). The molecule has 0 bridgehead atoms. The number of imide groups is 1. The summed E-state index contributed by atoms with van der Waals surface area (Å²) in [4.78, 5) is 38.0. The van der Waals surface area contributed by atoms with Crippen molar-refractivity contribution >= 4 is 17.7 Å². The van der Waals surface area contributed by atoms with E-state index < -0.39 is 6.04 Å². The molecule has 1 saturated carbocycles. The fourth-order valence-electron chi connectivity index (χ4n) is 5.28. The average molecular weight is 382 g/mol. The molecule has 7 nitrogen and oxygen atoms in total. The minimum absolute atomic E-state index is 0.110. The summed E-state index contributed by atoms with van der Waals surface area (Å²) in [5.74, 6) is 0.0755. The highest BCUT2D eigenvalue weighted by atomic mass is 16.2. The lowest BCUT2D eigenvalue weighted by Gasteiger charge is -2.45. The van der Waals surface area contributed by atoms with Crippen LogP contribution in [0, 0.1) is 5.92 Å². The van der Waals surface area contributed by atoms with Gasteiger partial charge in [0.05, 0.1) is 0 Å². The number of fused-ring (bicyclic) bond motifs is 2. The number of carbonyl (C=O) groups is 3. The van der Waals surface area contributed by atoms with Crippen LogP contribution < -0.4 is 16.0 Å². The molecule has 3 fully saturated rings. The molecule has 0 aromatic heterocycles. The summed E-state index contributed by atoms with van der Waals surface area (Å²) >= 11 is 0. The summed E-state index contributed by atoms with van der Waals surface area (Å²) in [5.41, 5.74) is 3.01. The third kappa shape index (κ3) is 2.84. The number of rotatable bonds is 5. The third-order valence-corrected chi connectivity index (χ3v) is 7.05. The predicted octanol–water partition coefficient (Wildman–Crippen LogP) is 0.679. The van der Waals surface area contributed by atoms with Gasteiger partial charge in [0.2, 0.25) is 11.8 Å². The molecule has 1 aromatic carbocycles. The number of amides is 3. The van der Waals surface area contributed by atoms with Crippen molar-refractivity contribution in [3.8, 4) is 0 Å². The molecule has 28 heavy (non-hydrogen) atoms. The van der Waals surface area contributed by atoms with Crippen LogP contribution in [0.25, 0.3) is 0 Å². The molecule has 1 aromatic rings. The first kappa shape index (κ1) is 17.8. The van der Waals surface area contributed by atoms with Crippen molar-refractivity contribution in [2.45, 2.75) is 56.8 Å². The van der Waals surface area contributed by atoms with Gasteiger partial charge in [0, 0.05) is 37.2 Å². The van der Waals surface area contributed by atoms with Gasteiger partial charge in [-0.25, -0.2) is 0 Å². The van der Waals surface area contributed by atoms with Crippen molar-refractivity contribution in [2.24, 2.45) is 5.92 Å². The van der Waals surface area contributed by atoms with Crippen molar-refractivity contribution in [3.05, 3.63) is 34.9 Å². The molecule has 3 N–H and O–H groups in total. The average Bonchev–Trinajstić information content (AvgIpc) is 3.13. The Morgan fingerprint density at radius 3 is 2.82 bits per heavy atom. The van der Waals surface area contributed by atoms with E-state index in [1.807, 2.05) is 12.1 Å². The van der Waals surface area contributed by atoms with E-state index in [0.717, 1.165) is 36.7 Å². The van der Waals surface area contributed by atoms with Gasteiger partial charge in [0.25, 0.3) is 5.91 Å². The number of benzene rings is 1. The smallest absolute Gasteiger partial charge is 0.255 e. The molecule has 7 heteroatoms. The molecule has 148 valence electrons. The molecule has 3 heterocycles. The van der Waals surface area contributed by atoms with Crippen LogP contribution in [0.1, 0.15) is 53.6 Å². The second-order valence-electron chi connectivity index (χ2n) is 8.60. The SMILES string of the molecule is O=C1CCC(N2Cc3ccc(CNCC45CCC4CCN5)cc3C2=O)C(=O)N1. The quantitative estimate of drug-likeness (QED) is 0.652. The van der Waals surface area contributed by atoms with E-state index >= 15 is 0 Å². The highest BCUT2D eigenvalue weighted by Gasteiger charge is 2.49.